The minimum Gasteiger partial charge on any atom is -0.369 e. The van der Waals surface area contributed by atoms with E-state index in [1.165, 1.54) is 16.8 Å². The first kappa shape index (κ1) is 18.7. The molecule has 138 valence electrons. The number of amides is 1. The lowest BCUT2D eigenvalue weighted by Crippen LogP contribution is -2.53. The van der Waals surface area contributed by atoms with Crippen molar-refractivity contribution in [1.29, 1.82) is 0 Å². The van der Waals surface area contributed by atoms with Gasteiger partial charge < -0.3 is 10.2 Å². The maximum absolute atomic E-state index is 12.6. The third-order valence-electron chi connectivity index (χ3n) is 5.25. The first-order valence-corrected chi connectivity index (χ1v) is 9.45. The lowest BCUT2D eigenvalue weighted by Gasteiger charge is -2.39. The molecule has 1 saturated heterocycles. The first-order valence-electron chi connectivity index (χ1n) is 9.07. The van der Waals surface area contributed by atoms with Gasteiger partial charge in [-0.3, -0.25) is 9.69 Å². The van der Waals surface area contributed by atoms with Gasteiger partial charge >= 0.3 is 0 Å². The number of carbonyl (C=O) groups excluding carboxylic acids is 1. The number of carbonyl (C=O) groups is 1. The highest BCUT2D eigenvalue weighted by Gasteiger charge is 2.26. The minimum atomic E-state index is -0.172. The van der Waals surface area contributed by atoms with E-state index in [-0.39, 0.29) is 11.9 Å². The van der Waals surface area contributed by atoms with Crippen LogP contribution in [0.4, 0.5) is 11.4 Å². The number of nitrogens with zero attached hydrogens (tertiary/aromatic N) is 2. The highest BCUT2D eigenvalue weighted by atomic mass is 35.5. The number of rotatable bonds is 4. The largest absolute Gasteiger partial charge is 0.369 e. The van der Waals surface area contributed by atoms with Crippen LogP contribution in [0, 0.1) is 13.8 Å². The zero-order valence-corrected chi connectivity index (χ0v) is 16.4. The van der Waals surface area contributed by atoms with Crippen LogP contribution in [0.1, 0.15) is 18.1 Å². The van der Waals surface area contributed by atoms with Crippen LogP contribution in [0.5, 0.6) is 0 Å². The third kappa shape index (κ3) is 4.19. The summed E-state index contributed by atoms with van der Waals surface area (Å²) in [5, 5.41) is 3.58. The van der Waals surface area contributed by atoms with Gasteiger partial charge in [-0.2, -0.15) is 0 Å². The number of anilines is 2. The lowest BCUT2D eigenvalue weighted by atomic mass is 10.1. The molecule has 3 rings (SSSR count). The van der Waals surface area contributed by atoms with E-state index in [2.05, 4.69) is 47.2 Å². The Morgan fingerprint density at radius 1 is 1.08 bits per heavy atom. The number of nitrogens with one attached hydrogen (secondary N) is 1. The van der Waals surface area contributed by atoms with Gasteiger partial charge in [-0.25, -0.2) is 0 Å². The van der Waals surface area contributed by atoms with Crippen molar-refractivity contribution >= 4 is 28.9 Å². The van der Waals surface area contributed by atoms with Gasteiger partial charge in [0.1, 0.15) is 0 Å². The molecule has 0 bridgehead atoms. The van der Waals surface area contributed by atoms with Crippen molar-refractivity contribution in [2.75, 3.05) is 36.4 Å². The number of halogens is 1. The summed E-state index contributed by atoms with van der Waals surface area (Å²) < 4.78 is 0. The van der Waals surface area contributed by atoms with Gasteiger partial charge in [-0.15, -0.1) is 0 Å². The molecule has 1 atom stereocenters. The molecular formula is C21H26ClN3O. The molecule has 26 heavy (non-hydrogen) atoms. The second-order valence-electron chi connectivity index (χ2n) is 6.92. The van der Waals surface area contributed by atoms with Gasteiger partial charge in [-0.05, 0) is 56.2 Å². The van der Waals surface area contributed by atoms with Gasteiger partial charge in [0.05, 0.1) is 6.04 Å². The van der Waals surface area contributed by atoms with Gasteiger partial charge in [0.2, 0.25) is 5.91 Å². The molecule has 1 N–H and O–H groups in total. The summed E-state index contributed by atoms with van der Waals surface area (Å²) >= 11 is 5.99. The summed E-state index contributed by atoms with van der Waals surface area (Å²) in [6.07, 6.45) is 0. The van der Waals surface area contributed by atoms with Crippen molar-refractivity contribution in [3.63, 3.8) is 0 Å². The van der Waals surface area contributed by atoms with Crippen LogP contribution in [0.2, 0.25) is 5.02 Å². The number of piperazine rings is 1. The molecule has 4 nitrogen and oxygen atoms in total. The Balaban J connectivity index is 1.58. The Kier molecular flexibility index (Phi) is 5.84. The number of hydrogen-bond donors (Lipinski definition) is 1. The Hall–Kier alpha value is -2.04. The lowest BCUT2D eigenvalue weighted by molar-refractivity contribution is -0.120. The van der Waals surface area contributed by atoms with Crippen LogP contribution in [0.15, 0.2) is 42.5 Å². The molecule has 2 aromatic carbocycles. The molecule has 1 heterocycles. The van der Waals surface area contributed by atoms with E-state index in [1.54, 1.807) is 12.1 Å². The summed E-state index contributed by atoms with van der Waals surface area (Å²) in [6.45, 7) is 9.90. The van der Waals surface area contributed by atoms with E-state index >= 15 is 0 Å². The van der Waals surface area contributed by atoms with Crippen LogP contribution < -0.4 is 10.2 Å². The van der Waals surface area contributed by atoms with E-state index in [0.717, 1.165) is 31.9 Å². The van der Waals surface area contributed by atoms with Crippen LogP contribution in [-0.4, -0.2) is 43.0 Å². The van der Waals surface area contributed by atoms with E-state index < -0.39 is 0 Å². The van der Waals surface area contributed by atoms with Crippen molar-refractivity contribution in [2.24, 2.45) is 0 Å². The van der Waals surface area contributed by atoms with Gasteiger partial charge in [0.25, 0.3) is 0 Å². The SMILES string of the molecule is Cc1cccc(N2CCN(C(C)C(=O)Nc3cccc(Cl)c3)CC2)c1C. The van der Waals surface area contributed by atoms with Gasteiger partial charge in [0.15, 0.2) is 0 Å². The van der Waals surface area contributed by atoms with Crippen molar-refractivity contribution in [1.82, 2.24) is 4.90 Å². The summed E-state index contributed by atoms with van der Waals surface area (Å²) in [7, 11) is 0. The van der Waals surface area contributed by atoms with Crippen molar-refractivity contribution < 1.29 is 4.79 Å². The minimum absolute atomic E-state index is 0.00690. The molecular weight excluding hydrogens is 346 g/mol. The number of aryl methyl sites for hydroxylation is 1. The second-order valence-corrected chi connectivity index (χ2v) is 7.35. The van der Waals surface area contributed by atoms with Gasteiger partial charge in [0, 0.05) is 42.6 Å². The van der Waals surface area contributed by atoms with Crippen LogP contribution >= 0.6 is 11.6 Å². The Morgan fingerprint density at radius 2 is 1.77 bits per heavy atom. The average Bonchev–Trinajstić information content (AvgIpc) is 2.63. The standard InChI is InChI=1S/C21H26ClN3O/c1-15-6-4-9-20(16(15)2)25-12-10-24(11-13-25)17(3)21(26)23-19-8-5-7-18(22)14-19/h4-9,14,17H,10-13H2,1-3H3,(H,23,26). The van der Waals surface area contributed by atoms with Crippen LogP contribution in [-0.2, 0) is 4.79 Å². The fourth-order valence-electron chi connectivity index (χ4n) is 3.41. The van der Waals surface area contributed by atoms with E-state index in [9.17, 15) is 4.79 Å². The van der Waals surface area contributed by atoms with Crippen molar-refractivity contribution in [3.8, 4) is 0 Å². The molecule has 0 spiro atoms. The average molecular weight is 372 g/mol. The van der Waals surface area contributed by atoms with Gasteiger partial charge in [-0.1, -0.05) is 29.8 Å². The van der Waals surface area contributed by atoms with Crippen LogP contribution in [0.25, 0.3) is 0 Å². The summed E-state index contributed by atoms with van der Waals surface area (Å²) in [6, 6.07) is 13.5. The quantitative estimate of drug-likeness (QED) is 0.878. The molecule has 1 aliphatic rings. The fraction of sp³-hybridized carbons (Fsp3) is 0.381. The number of hydrogen-bond acceptors (Lipinski definition) is 3. The highest BCUT2D eigenvalue weighted by Crippen LogP contribution is 2.24. The monoisotopic (exact) mass is 371 g/mol. The molecule has 1 amide bonds. The number of benzene rings is 2. The fourth-order valence-corrected chi connectivity index (χ4v) is 3.60. The summed E-state index contributed by atoms with van der Waals surface area (Å²) in [4.78, 5) is 17.2. The summed E-state index contributed by atoms with van der Waals surface area (Å²) in [5.41, 5.74) is 4.70. The highest BCUT2D eigenvalue weighted by molar-refractivity contribution is 6.30. The second kappa shape index (κ2) is 8.11. The summed E-state index contributed by atoms with van der Waals surface area (Å²) in [5.74, 6) is 0.00690. The van der Waals surface area contributed by atoms with Crippen LogP contribution in [0.3, 0.4) is 0 Å². The predicted octanol–water partition coefficient (Wildman–Crippen LogP) is 4.11. The smallest absolute Gasteiger partial charge is 0.241 e. The molecule has 5 heteroatoms. The zero-order chi connectivity index (χ0) is 18.7. The maximum Gasteiger partial charge on any atom is 0.241 e. The molecule has 2 aromatic rings. The molecule has 1 fully saturated rings. The molecule has 0 aromatic heterocycles. The van der Waals surface area contributed by atoms with E-state index in [4.69, 9.17) is 11.6 Å². The van der Waals surface area contributed by atoms with Crippen molar-refractivity contribution in [3.05, 3.63) is 58.6 Å². The molecule has 0 aliphatic carbocycles. The molecule has 0 radical (unpaired) electrons. The van der Waals surface area contributed by atoms with E-state index in [0.29, 0.717) is 5.02 Å². The Labute approximate surface area is 160 Å². The Bertz CT molecular complexity index is 785. The zero-order valence-electron chi connectivity index (χ0n) is 15.6. The maximum atomic E-state index is 12.6. The third-order valence-corrected chi connectivity index (χ3v) is 5.49. The first-order chi connectivity index (χ1) is 12.5. The normalized spacial score (nSPS) is 16.4. The van der Waals surface area contributed by atoms with Crippen molar-refractivity contribution in [2.45, 2.75) is 26.8 Å². The predicted molar refractivity (Wildman–Crippen MR) is 109 cm³/mol. The molecule has 1 aliphatic heterocycles. The molecule has 1 unspecified atom stereocenters. The van der Waals surface area contributed by atoms with E-state index in [1.807, 2.05) is 19.1 Å². The Morgan fingerprint density at radius 3 is 2.46 bits per heavy atom. The molecule has 0 saturated carbocycles. The topological polar surface area (TPSA) is 35.6 Å².